The van der Waals surface area contributed by atoms with Crippen LogP contribution in [0.25, 0.3) is 0 Å². The van der Waals surface area contributed by atoms with E-state index >= 15 is 0 Å². The molecule has 1 atom stereocenters. The largest absolute Gasteiger partial charge is 0.482 e. The number of aromatic nitrogens is 3. The average molecular weight is 438 g/mol. The van der Waals surface area contributed by atoms with E-state index in [4.69, 9.17) is 4.74 Å². The van der Waals surface area contributed by atoms with Gasteiger partial charge in [-0.25, -0.2) is 0 Å². The van der Waals surface area contributed by atoms with E-state index in [0.29, 0.717) is 22.4 Å². The molecule has 1 aromatic heterocycles. The van der Waals surface area contributed by atoms with Crippen LogP contribution in [0.5, 0.6) is 5.75 Å². The molecule has 2 amide bonds. The lowest BCUT2D eigenvalue weighted by atomic mass is 10.1. The first kappa shape index (κ1) is 20.9. The molecule has 0 aliphatic carbocycles. The van der Waals surface area contributed by atoms with Crippen LogP contribution < -0.4 is 15.0 Å². The molecule has 31 heavy (non-hydrogen) atoms. The summed E-state index contributed by atoms with van der Waals surface area (Å²) in [5.74, 6) is 1.24. The van der Waals surface area contributed by atoms with Crippen LogP contribution >= 0.6 is 11.8 Å². The monoisotopic (exact) mass is 437 g/mol. The van der Waals surface area contributed by atoms with E-state index in [2.05, 4.69) is 15.5 Å². The number of thioether (sulfide) groups is 1. The highest BCUT2D eigenvalue weighted by Crippen LogP contribution is 2.37. The summed E-state index contributed by atoms with van der Waals surface area (Å²) in [5.41, 5.74) is 2.60. The molecule has 9 heteroatoms. The Morgan fingerprint density at radius 3 is 2.71 bits per heavy atom. The van der Waals surface area contributed by atoms with Crippen molar-refractivity contribution in [1.29, 1.82) is 0 Å². The third-order valence-corrected chi connectivity index (χ3v) is 6.06. The molecule has 8 nitrogen and oxygen atoms in total. The van der Waals surface area contributed by atoms with E-state index in [1.807, 2.05) is 74.0 Å². The zero-order valence-corrected chi connectivity index (χ0v) is 18.3. The van der Waals surface area contributed by atoms with E-state index in [-0.39, 0.29) is 30.2 Å². The fraction of sp³-hybridized carbons (Fsp3) is 0.273. The third kappa shape index (κ3) is 4.41. The maximum absolute atomic E-state index is 12.6. The maximum Gasteiger partial charge on any atom is 0.265 e. The van der Waals surface area contributed by atoms with Gasteiger partial charge >= 0.3 is 0 Å². The summed E-state index contributed by atoms with van der Waals surface area (Å²) in [5, 5.41) is 12.0. The van der Waals surface area contributed by atoms with Crippen molar-refractivity contribution < 1.29 is 14.3 Å². The van der Waals surface area contributed by atoms with Crippen molar-refractivity contribution in [2.24, 2.45) is 7.05 Å². The van der Waals surface area contributed by atoms with Gasteiger partial charge in [-0.3, -0.25) is 14.5 Å². The van der Waals surface area contributed by atoms with Crippen LogP contribution in [-0.4, -0.2) is 38.9 Å². The fourth-order valence-corrected chi connectivity index (χ4v) is 4.16. The highest BCUT2D eigenvalue weighted by molar-refractivity contribution is 7.99. The van der Waals surface area contributed by atoms with Gasteiger partial charge < -0.3 is 14.6 Å². The lowest BCUT2D eigenvalue weighted by Crippen LogP contribution is -2.41. The van der Waals surface area contributed by atoms with Gasteiger partial charge in [-0.1, -0.05) is 41.6 Å². The molecule has 0 unspecified atom stereocenters. The molecule has 4 rings (SSSR count). The highest BCUT2D eigenvalue weighted by Gasteiger charge is 2.32. The zero-order valence-electron chi connectivity index (χ0n) is 17.5. The first-order valence-corrected chi connectivity index (χ1v) is 10.8. The minimum absolute atomic E-state index is 0.0139. The average Bonchev–Trinajstić information content (AvgIpc) is 3.14. The minimum atomic E-state index is -0.342. The number of anilines is 2. The number of carbonyl (C=O) groups excluding carboxylic acids is 2. The number of nitrogens with zero attached hydrogens (tertiary/aromatic N) is 4. The number of nitrogens with one attached hydrogen (secondary N) is 1. The molecule has 0 saturated carbocycles. The molecule has 1 N–H and O–H groups in total. The summed E-state index contributed by atoms with van der Waals surface area (Å²) in [6, 6.07) is 14.7. The standard InChI is InChI=1S/C22H23N5O3S/c1-14-8-10-16(11-9-14)23-19(28)13-31-22-25-24-21(26(22)3)15(2)27-17-6-4-5-7-18(17)30-12-20(27)29/h4-11,15H,12-13H2,1-3H3,(H,23,28)/t15-/m0/s1. The first-order valence-electron chi connectivity index (χ1n) is 9.86. The van der Waals surface area contributed by atoms with E-state index in [9.17, 15) is 9.59 Å². The van der Waals surface area contributed by atoms with Crippen molar-refractivity contribution in [1.82, 2.24) is 14.8 Å². The number of hydrogen-bond donors (Lipinski definition) is 1. The number of benzene rings is 2. The molecule has 0 spiro atoms. The van der Waals surface area contributed by atoms with Crippen LogP contribution in [0.4, 0.5) is 11.4 Å². The molecular formula is C22H23N5O3S. The van der Waals surface area contributed by atoms with Crippen molar-refractivity contribution in [3.8, 4) is 5.75 Å². The number of carbonyl (C=O) groups is 2. The van der Waals surface area contributed by atoms with Gasteiger partial charge in [0.1, 0.15) is 5.75 Å². The SMILES string of the molecule is Cc1ccc(NC(=O)CSc2nnc([C@H](C)N3C(=O)COc4ccccc43)n2C)cc1. The Labute approximate surface area is 184 Å². The molecule has 2 heterocycles. The number of fused-ring (bicyclic) bond motifs is 1. The van der Waals surface area contributed by atoms with Crippen LogP contribution in [0.15, 0.2) is 53.7 Å². The van der Waals surface area contributed by atoms with Gasteiger partial charge in [-0.2, -0.15) is 0 Å². The maximum atomic E-state index is 12.6. The van der Waals surface area contributed by atoms with Gasteiger partial charge in [0.05, 0.1) is 17.5 Å². The molecule has 0 bridgehead atoms. The second-order valence-corrected chi connectivity index (χ2v) is 8.24. The molecular weight excluding hydrogens is 414 g/mol. The van der Waals surface area contributed by atoms with Crippen LogP contribution in [-0.2, 0) is 16.6 Å². The molecule has 0 fully saturated rings. The predicted molar refractivity (Wildman–Crippen MR) is 119 cm³/mol. The second-order valence-electron chi connectivity index (χ2n) is 7.30. The van der Waals surface area contributed by atoms with E-state index < -0.39 is 0 Å². The number of hydrogen-bond acceptors (Lipinski definition) is 6. The summed E-state index contributed by atoms with van der Waals surface area (Å²) in [6.45, 7) is 3.89. The molecule has 2 aromatic carbocycles. The number of aryl methyl sites for hydroxylation is 1. The number of ether oxygens (including phenoxy) is 1. The zero-order chi connectivity index (χ0) is 22.0. The Morgan fingerprint density at radius 1 is 1.19 bits per heavy atom. The van der Waals surface area contributed by atoms with Crippen molar-refractivity contribution in [2.45, 2.75) is 25.0 Å². The first-order chi connectivity index (χ1) is 14.9. The molecule has 3 aromatic rings. The molecule has 1 aliphatic heterocycles. The summed E-state index contributed by atoms with van der Waals surface area (Å²) in [6.07, 6.45) is 0. The van der Waals surface area contributed by atoms with Gasteiger partial charge in [0.25, 0.3) is 5.91 Å². The topological polar surface area (TPSA) is 89.3 Å². The Balaban J connectivity index is 1.45. The van der Waals surface area contributed by atoms with Gasteiger partial charge in [-0.05, 0) is 38.1 Å². The van der Waals surface area contributed by atoms with Crippen molar-refractivity contribution >= 4 is 35.0 Å². The smallest absolute Gasteiger partial charge is 0.265 e. The molecule has 0 saturated heterocycles. The van der Waals surface area contributed by atoms with Crippen LogP contribution in [0, 0.1) is 6.92 Å². The lowest BCUT2D eigenvalue weighted by Gasteiger charge is -2.33. The lowest BCUT2D eigenvalue weighted by molar-refractivity contribution is -0.121. The van der Waals surface area contributed by atoms with Crippen molar-refractivity contribution in [2.75, 3.05) is 22.6 Å². The van der Waals surface area contributed by atoms with E-state index in [0.717, 1.165) is 11.3 Å². The number of rotatable bonds is 6. The third-order valence-electron chi connectivity index (χ3n) is 5.04. The minimum Gasteiger partial charge on any atom is -0.482 e. The summed E-state index contributed by atoms with van der Waals surface area (Å²) in [4.78, 5) is 26.6. The number of amides is 2. The fourth-order valence-electron chi connectivity index (χ4n) is 3.44. The summed E-state index contributed by atoms with van der Waals surface area (Å²) in [7, 11) is 1.84. The van der Waals surface area contributed by atoms with Gasteiger partial charge in [0.15, 0.2) is 17.6 Å². The molecule has 1 aliphatic rings. The van der Waals surface area contributed by atoms with Crippen LogP contribution in [0.1, 0.15) is 24.4 Å². The quantitative estimate of drug-likeness (QED) is 0.595. The van der Waals surface area contributed by atoms with Crippen molar-refractivity contribution in [3.05, 3.63) is 59.9 Å². The highest BCUT2D eigenvalue weighted by atomic mass is 32.2. The predicted octanol–water partition coefficient (Wildman–Crippen LogP) is 3.34. The Kier molecular flexibility index (Phi) is 5.94. The van der Waals surface area contributed by atoms with Crippen LogP contribution in [0.3, 0.4) is 0 Å². The van der Waals surface area contributed by atoms with Gasteiger partial charge in [0, 0.05) is 12.7 Å². The van der Waals surface area contributed by atoms with E-state index in [1.54, 1.807) is 4.90 Å². The van der Waals surface area contributed by atoms with E-state index in [1.165, 1.54) is 11.8 Å². The van der Waals surface area contributed by atoms with Crippen molar-refractivity contribution in [3.63, 3.8) is 0 Å². The summed E-state index contributed by atoms with van der Waals surface area (Å²) < 4.78 is 7.34. The normalized spacial score (nSPS) is 14.0. The number of para-hydroxylation sites is 2. The Morgan fingerprint density at radius 2 is 1.94 bits per heavy atom. The Hall–Kier alpha value is -3.33. The molecule has 0 radical (unpaired) electrons. The second kappa shape index (κ2) is 8.81. The Bertz CT molecular complexity index is 1110. The van der Waals surface area contributed by atoms with Crippen LogP contribution in [0.2, 0.25) is 0 Å². The molecule has 160 valence electrons. The summed E-state index contributed by atoms with van der Waals surface area (Å²) >= 11 is 1.30. The van der Waals surface area contributed by atoms with Gasteiger partial charge in [-0.15, -0.1) is 10.2 Å². The van der Waals surface area contributed by atoms with Gasteiger partial charge in [0.2, 0.25) is 5.91 Å².